The molecule has 0 bridgehead atoms. The van der Waals surface area contributed by atoms with Crippen molar-refractivity contribution in [3.63, 3.8) is 0 Å². The van der Waals surface area contributed by atoms with Gasteiger partial charge in [-0.2, -0.15) is 0 Å². The summed E-state index contributed by atoms with van der Waals surface area (Å²) in [7, 11) is 0. The number of hydrogen-bond acceptors (Lipinski definition) is 5. The molecule has 2 heterocycles. The number of benzene rings is 1. The summed E-state index contributed by atoms with van der Waals surface area (Å²) < 4.78 is 12.1. The Balaban J connectivity index is 1.86. The number of rotatable bonds is 0. The molecular weight excluding hydrogens is 384 g/mol. The second kappa shape index (κ2) is 4.85. The monoisotopic (exact) mass is 396 g/mol. The molecule has 1 saturated carbocycles. The standard InChI is InChI=1S/C15H13BrN2O6/c16-8-1-2-10-9(5-8)15(14(3-4-14)6-23-10)7-24-11(17-15)18(12(19)20)13(21)22/h1-2,5H,3-4,6-7H2,(H,19,20)(H,21,22). The number of ether oxygens (including phenoxy) is 2. The molecule has 2 N–H and O–H groups in total. The molecule has 8 nitrogen and oxygen atoms in total. The van der Waals surface area contributed by atoms with Crippen LogP contribution in [0.25, 0.3) is 0 Å². The number of hydrogen-bond donors (Lipinski definition) is 2. The van der Waals surface area contributed by atoms with Crippen molar-refractivity contribution in [1.82, 2.24) is 4.90 Å². The third kappa shape index (κ3) is 1.94. The summed E-state index contributed by atoms with van der Waals surface area (Å²) in [6.07, 6.45) is -1.58. The molecule has 1 aromatic carbocycles. The SMILES string of the molecule is O=C(O)N(C(=O)O)C1=NC2(CO1)c1cc(Br)ccc1OCC21CC1. The minimum atomic E-state index is -1.65. The van der Waals surface area contributed by atoms with Gasteiger partial charge in [0.05, 0.1) is 6.61 Å². The highest BCUT2D eigenvalue weighted by Gasteiger charge is 2.66. The van der Waals surface area contributed by atoms with Gasteiger partial charge in [0, 0.05) is 15.5 Å². The van der Waals surface area contributed by atoms with Gasteiger partial charge in [-0.1, -0.05) is 15.9 Å². The maximum Gasteiger partial charge on any atom is 0.425 e. The van der Waals surface area contributed by atoms with Gasteiger partial charge in [0.1, 0.15) is 17.9 Å². The van der Waals surface area contributed by atoms with Crippen LogP contribution in [-0.2, 0) is 10.3 Å². The molecule has 9 heteroatoms. The van der Waals surface area contributed by atoms with Gasteiger partial charge in [-0.05, 0) is 31.0 Å². The van der Waals surface area contributed by atoms with Crippen LogP contribution in [0.1, 0.15) is 18.4 Å². The van der Waals surface area contributed by atoms with Gasteiger partial charge >= 0.3 is 18.2 Å². The van der Waals surface area contributed by atoms with Crippen LogP contribution in [0, 0.1) is 5.41 Å². The van der Waals surface area contributed by atoms with Crippen LogP contribution in [0.3, 0.4) is 0 Å². The van der Waals surface area contributed by atoms with Crippen molar-refractivity contribution in [3.05, 3.63) is 28.2 Å². The Kier molecular flexibility index (Phi) is 3.08. The largest absolute Gasteiger partial charge is 0.493 e. The molecule has 126 valence electrons. The van der Waals surface area contributed by atoms with E-state index in [0.29, 0.717) is 12.4 Å². The smallest absolute Gasteiger partial charge is 0.425 e. The van der Waals surface area contributed by atoms with Crippen molar-refractivity contribution >= 4 is 34.1 Å². The summed E-state index contributed by atoms with van der Waals surface area (Å²) in [6, 6.07) is 5.12. The van der Waals surface area contributed by atoms with E-state index in [1.54, 1.807) is 0 Å². The summed E-state index contributed by atoms with van der Waals surface area (Å²) >= 11 is 3.43. The molecule has 4 rings (SSSR count). The second-order valence-corrected chi connectivity index (χ2v) is 7.07. The topological polar surface area (TPSA) is 109 Å². The number of fused-ring (bicyclic) bond motifs is 3. The van der Waals surface area contributed by atoms with E-state index < -0.39 is 23.7 Å². The zero-order valence-electron chi connectivity index (χ0n) is 12.4. The number of aliphatic imine (C=N–C) groups is 1. The lowest BCUT2D eigenvalue weighted by atomic mass is 9.75. The maximum absolute atomic E-state index is 11.2. The number of nitrogens with zero attached hydrogens (tertiary/aromatic N) is 2. The third-order valence-corrected chi connectivity index (χ3v) is 5.39. The summed E-state index contributed by atoms with van der Waals surface area (Å²) in [5.41, 5.74) is -0.333. The molecule has 1 atom stereocenters. The lowest BCUT2D eigenvalue weighted by Crippen LogP contribution is -2.44. The van der Waals surface area contributed by atoms with Gasteiger partial charge in [0.15, 0.2) is 0 Å². The molecule has 0 aromatic heterocycles. The zero-order valence-corrected chi connectivity index (χ0v) is 13.9. The molecule has 2 aliphatic heterocycles. The van der Waals surface area contributed by atoms with E-state index in [2.05, 4.69) is 20.9 Å². The molecule has 3 aliphatic rings. The number of amidine groups is 1. The van der Waals surface area contributed by atoms with Crippen molar-refractivity contribution in [3.8, 4) is 5.75 Å². The fourth-order valence-electron chi connectivity index (χ4n) is 3.45. The maximum atomic E-state index is 11.2. The Morgan fingerprint density at radius 1 is 1.17 bits per heavy atom. The highest BCUT2D eigenvalue weighted by atomic mass is 79.9. The zero-order chi connectivity index (χ0) is 17.1. The molecule has 24 heavy (non-hydrogen) atoms. The molecule has 2 spiro atoms. The fourth-order valence-corrected chi connectivity index (χ4v) is 3.81. The number of carboxylic acid groups (broad SMARTS) is 2. The lowest BCUT2D eigenvalue weighted by molar-refractivity contribution is 0.0839. The second-order valence-electron chi connectivity index (χ2n) is 6.15. The lowest BCUT2D eigenvalue weighted by Gasteiger charge is -2.39. The molecule has 1 aromatic rings. The van der Waals surface area contributed by atoms with Crippen LogP contribution in [-0.4, -0.2) is 46.5 Å². The summed E-state index contributed by atoms with van der Waals surface area (Å²) in [5, 5.41) is 18.3. The van der Waals surface area contributed by atoms with E-state index in [1.165, 1.54) is 0 Å². The van der Waals surface area contributed by atoms with E-state index in [0.717, 1.165) is 22.9 Å². The van der Waals surface area contributed by atoms with E-state index in [4.69, 9.17) is 19.7 Å². The van der Waals surface area contributed by atoms with E-state index >= 15 is 0 Å². The predicted molar refractivity (Wildman–Crippen MR) is 84.3 cm³/mol. The van der Waals surface area contributed by atoms with Gasteiger partial charge in [0.2, 0.25) is 0 Å². The van der Waals surface area contributed by atoms with Gasteiger partial charge in [-0.25, -0.2) is 14.6 Å². The van der Waals surface area contributed by atoms with Crippen molar-refractivity contribution in [2.75, 3.05) is 13.2 Å². The Morgan fingerprint density at radius 3 is 2.50 bits per heavy atom. The average molecular weight is 397 g/mol. The van der Waals surface area contributed by atoms with Gasteiger partial charge in [-0.3, -0.25) is 0 Å². The van der Waals surface area contributed by atoms with Crippen LogP contribution < -0.4 is 4.74 Å². The highest BCUT2D eigenvalue weighted by Crippen LogP contribution is 2.65. The molecule has 1 unspecified atom stereocenters. The minimum Gasteiger partial charge on any atom is -0.493 e. The third-order valence-electron chi connectivity index (χ3n) is 4.89. The summed E-state index contributed by atoms with van der Waals surface area (Å²) in [4.78, 5) is 27.0. The van der Waals surface area contributed by atoms with Gasteiger partial charge in [0.25, 0.3) is 0 Å². The first kappa shape index (κ1) is 15.3. The molecule has 2 amide bonds. The number of halogens is 1. The molecule has 1 fully saturated rings. The van der Waals surface area contributed by atoms with Crippen LogP contribution in [0.2, 0.25) is 0 Å². The van der Waals surface area contributed by atoms with Crippen molar-refractivity contribution < 1.29 is 29.3 Å². The minimum absolute atomic E-state index is 0.0895. The summed E-state index contributed by atoms with van der Waals surface area (Å²) in [5.74, 6) is 0.654. The Morgan fingerprint density at radius 2 is 1.88 bits per heavy atom. The van der Waals surface area contributed by atoms with Crippen molar-refractivity contribution in [2.45, 2.75) is 18.4 Å². The Bertz CT molecular complexity index is 776. The van der Waals surface area contributed by atoms with Gasteiger partial charge < -0.3 is 19.7 Å². The van der Waals surface area contributed by atoms with Crippen LogP contribution >= 0.6 is 15.9 Å². The Labute approximate surface area is 144 Å². The molecule has 1 aliphatic carbocycles. The predicted octanol–water partition coefficient (Wildman–Crippen LogP) is 2.86. The highest BCUT2D eigenvalue weighted by molar-refractivity contribution is 9.10. The molecule has 0 radical (unpaired) electrons. The van der Waals surface area contributed by atoms with Crippen LogP contribution in [0.4, 0.5) is 9.59 Å². The average Bonchev–Trinajstić information content (AvgIpc) is 3.18. The summed E-state index contributed by atoms with van der Waals surface area (Å²) in [6.45, 7) is 0.536. The van der Waals surface area contributed by atoms with Crippen molar-refractivity contribution in [1.29, 1.82) is 0 Å². The first-order valence-electron chi connectivity index (χ1n) is 7.30. The number of imide groups is 1. The van der Waals surface area contributed by atoms with Gasteiger partial charge in [-0.15, -0.1) is 4.90 Å². The first-order chi connectivity index (χ1) is 11.4. The van der Waals surface area contributed by atoms with Crippen LogP contribution in [0.15, 0.2) is 27.7 Å². The fraction of sp³-hybridized carbons (Fsp3) is 0.400. The molecule has 0 saturated heterocycles. The quantitative estimate of drug-likeness (QED) is 0.697. The number of carbonyl (C=O) groups is 2. The van der Waals surface area contributed by atoms with Crippen molar-refractivity contribution in [2.24, 2.45) is 10.4 Å². The van der Waals surface area contributed by atoms with E-state index in [-0.39, 0.29) is 16.9 Å². The molecular formula is C15H13BrN2O6. The number of amides is 2. The van der Waals surface area contributed by atoms with E-state index in [9.17, 15) is 9.59 Å². The normalized spacial score (nSPS) is 25.5. The van der Waals surface area contributed by atoms with Crippen LogP contribution in [0.5, 0.6) is 5.75 Å². The first-order valence-corrected chi connectivity index (χ1v) is 8.09. The Hall–Kier alpha value is -2.29. The van der Waals surface area contributed by atoms with E-state index in [1.807, 2.05) is 18.2 Å².